The van der Waals surface area contributed by atoms with E-state index < -0.39 is 18.0 Å². The van der Waals surface area contributed by atoms with Crippen LogP contribution in [0.25, 0.3) is 11.1 Å². The van der Waals surface area contributed by atoms with Crippen LogP contribution in [0.1, 0.15) is 41.9 Å². The van der Waals surface area contributed by atoms with Crippen LogP contribution in [-0.2, 0) is 27.3 Å². The Hall–Kier alpha value is -2.99. The van der Waals surface area contributed by atoms with Crippen LogP contribution in [-0.4, -0.2) is 51.0 Å². The second-order valence-electron chi connectivity index (χ2n) is 9.34. The first kappa shape index (κ1) is 23.7. The minimum absolute atomic E-state index is 0.0415. The van der Waals surface area contributed by atoms with Gasteiger partial charge in [-0.1, -0.05) is 18.2 Å². The number of nitriles is 1. The number of carbonyl (C=O) groups is 1. The van der Waals surface area contributed by atoms with Crippen LogP contribution < -0.4 is 15.4 Å². The summed E-state index contributed by atoms with van der Waals surface area (Å²) in [6.07, 6.45) is 2.18. The number of amides is 1. The first-order valence-electron chi connectivity index (χ1n) is 12.3. The Bertz CT molecular complexity index is 1120. The summed E-state index contributed by atoms with van der Waals surface area (Å²) in [7, 11) is 0. The molecule has 1 amide bonds. The monoisotopic (exact) mass is 479 g/mol. The van der Waals surface area contributed by atoms with Crippen LogP contribution in [0.2, 0.25) is 0 Å². The molecule has 0 radical (unpaired) electrons. The van der Waals surface area contributed by atoms with Gasteiger partial charge in [0.1, 0.15) is 30.3 Å². The minimum Gasteiger partial charge on any atom is -0.488 e. The summed E-state index contributed by atoms with van der Waals surface area (Å²) < 4.78 is 32.2. The molecule has 7 nitrogen and oxygen atoms in total. The highest BCUT2D eigenvalue weighted by molar-refractivity contribution is 5.82. The molecule has 2 saturated heterocycles. The van der Waals surface area contributed by atoms with E-state index in [1.807, 2.05) is 0 Å². The van der Waals surface area contributed by atoms with Crippen molar-refractivity contribution < 1.29 is 23.4 Å². The number of halogens is 1. The molecular weight excluding hydrogens is 449 g/mol. The van der Waals surface area contributed by atoms with Crippen LogP contribution in [0.5, 0.6) is 5.75 Å². The SMILES string of the molecule is N#C[C@H](Cc1cc2c(cc1F)-c1cc(C3CCOCC3)ccc1CO2)NC(=O)[C@@H]1CNCCCO1. The van der Waals surface area contributed by atoms with Gasteiger partial charge in [-0.2, -0.15) is 5.26 Å². The quantitative estimate of drug-likeness (QED) is 0.684. The first-order valence-corrected chi connectivity index (χ1v) is 12.3. The number of carbonyl (C=O) groups excluding carboxylic acids is 1. The molecule has 2 fully saturated rings. The third-order valence-corrected chi connectivity index (χ3v) is 6.98. The first-order chi connectivity index (χ1) is 17.1. The molecule has 0 bridgehead atoms. The van der Waals surface area contributed by atoms with Crippen molar-refractivity contribution >= 4 is 5.91 Å². The maximum absolute atomic E-state index is 15.2. The average molecular weight is 480 g/mol. The molecule has 8 heteroatoms. The summed E-state index contributed by atoms with van der Waals surface area (Å²) in [6, 6.07) is 10.7. The van der Waals surface area contributed by atoms with Crippen LogP contribution in [0.4, 0.5) is 4.39 Å². The molecule has 0 unspecified atom stereocenters. The number of nitrogens with zero attached hydrogens (tertiary/aromatic N) is 1. The van der Waals surface area contributed by atoms with Gasteiger partial charge in [-0.3, -0.25) is 4.79 Å². The van der Waals surface area contributed by atoms with Gasteiger partial charge >= 0.3 is 0 Å². The zero-order valence-electron chi connectivity index (χ0n) is 19.6. The summed E-state index contributed by atoms with van der Waals surface area (Å²) in [6.45, 7) is 3.59. The predicted molar refractivity (Wildman–Crippen MR) is 127 cm³/mol. The maximum atomic E-state index is 15.2. The summed E-state index contributed by atoms with van der Waals surface area (Å²) in [5.41, 5.74) is 4.31. The van der Waals surface area contributed by atoms with Crippen molar-refractivity contribution in [1.82, 2.24) is 10.6 Å². The van der Waals surface area contributed by atoms with E-state index in [0.29, 0.717) is 37.0 Å². The Morgan fingerprint density at radius 3 is 2.89 bits per heavy atom. The van der Waals surface area contributed by atoms with Gasteiger partial charge in [0.2, 0.25) is 0 Å². The van der Waals surface area contributed by atoms with Crippen molar-refractivity contribution in [3.8, 4) is 22.9 Å². The van der Waals surface area contributed by atoms with Crippen LogP contribution >= 0.6 is 0 Å². The van der Waals surface area contributed by atoms with Crippen LogP contribution in [0, 0.1) is 17.1 Å². The topological polar surface area (TPSA) is 92.6 Å². The molecule has 2 N–H and O–H groups in total. The molecule has 0 saturated carbocycles. The molecule has 2 aromatic carbocycles. The number of benzene rings is 2. The van der Waals surface area contributed by atoms with E-state index >= 15 is 4.39 Å². The Balaban J connectivity index is 1.34. The van der Waals surface area contributed by atoms with E-state index in [9.17, 15) is 10.1 Å². The second-order valence-corrected chi connectivity index (χ2v) is 9.34. The number of hydrogen-bond acceptors (Lipinski definition) is 6. The van der Waals surface area contributed by atoms with Crippen molar-refractivity contribution in [3.05, 3.63) is 52.8 Å². The molecular formula is C27H30FN3O4. The summed E-state index contributed by atoms with van der Waals surface area (Å²) >= 11 is 0. The van der Waals surface area contributed by atoms with Crippen molar-refractivity contribution in [2.24, 2.45) is 0 Å². The lowest BCUT2D eigenvalue weighted by molar-refractivity contribution is -0.132. The largest absolute Gasteiger partial charge is 0.488 e. The zero-order chi connectivity index (χ0) is 24.2. The maximum Gasteiger partial charge on any atom is 0.251 e. The third kappa shape index (κ3) is 5.32. The van der Waals surface area contributed by atoms with E-state index in [4.69, 9.17) is 14.2 Å². The van der Waals surface area contributed by atoms with Gasteiger partial charge < -0.3 is 24.8 Å². The minimum atomic E-state index is -0.877. The van der Waals surface area contributed by atoms with Crippen molar-refractivity contribution in [3.63, 3.8) is 0 Å². The molecule has 3 aliphatic rings. The van der Waals surface area contributed by atoms with E-state index in [-0.39, 0.29) is 12.3 Å². The van der Waals surface area contributed by atoms with Crippen molar-refractivity contribution in [2.45, 2.75) is 50.4 Å². The summed E-state index contributed by atoms with van der Waals surface area (Å²) in [5, 5.41) is 15.5. The fourth-order valence-electron chi connectivity index (χ4n) is 4.99. The Kier molecular flexibility index (Phi) is 7.28. The Morgan fingerprint density at radius 2 is 2.06 bits per heavy atom. The number of fused-ring (bicyclic) bond motifs is 3. The van der Waals surface area contributed by atoms with E-state index in [1.54, 1.807) is 6.07 Å². The van der Waals surface area contributed by atoms with E-state index in [1.165, 1.54) is 11.6 Å². The molecule has 3 heterocycles. The standard InChI is InChI=1S/C27H30FN3O4/c28-24-13-23-22-11-18(17-4-8-33-9-5-17)2-3-19(22)16-35-25(23)12-20(24)10-21(14-29)31-27(32)26-15-30-6-1-7-34-26/h2-3,11-13,17,21,26,30H,1,4-10,15-16H2,(H,31,32)/t21-,26-/m0/s1. The fourth-order valence-corrected chi connectivity index (χ4v) is 4.99. The lowest BCUT2D eigenvalue weighted by atomic mass is 9.86. The van der Waals surface area contributed by atoms with E-state index in [2.05, 4.69) is 34.9 Å². The van der Waals surface area contributed by atoms with Crippen molar-refractivity contribution in [1.29, 1.82) is 5.26 Å². The van der Waals surface area contributed by atoms with Crippen LogP contribution in [0.15, 0.2) is 30.3 Å². The summed E-state index contributed by atoms with van der Waals surface area (Å²) in [5.74, 6) is 0.253. The number of nitrogens with one attached hydrogen (secondary N) is 2. The molecule has 0 spiro atoms. The molecule has 0 aliphatic carbocycles. The zero-order valence-corrected chi connectivity index (χ0v) is 19.6. The second kappa shape index (κ2) is 10.7. The average Bonchev–Trinajstić information content (AvgIpc) is 3.19. The van der Waals surface area contributed by atoms with Gasteiger partial charge in [0, 0.05) is 38.3 Å². The van der Waals surface area contributed by atoms with Gasteiger partial charge in [-0.25, -0.2) is 4.39 Å². The van der Waals surface area contributed by atoms with Gasteiger partial charge in [0.05, 0.1) is 6.07 Å². The highest BCUT2D eigenvalue weighted by atomic mass is 19.1. The Morgan fingerprint density at radius 1 is 1.20 bits per heavy atom. The number of hydrogen-bond donors (Lipinski definition) is 2. The molecule has 35 heavy (non-hydrogen) atoms. The summed E-state index contributed by atoms with van der Waals surface area (Å²) in [4.78, 5) is 12.6. The predicted octanol–water partition coefficient (Wildman–Crippen LogP) is 3.21. The highest BCUT2D eigenvalue weighted by Gasteiger charge is 2.26. The van der Waals surface area contributed by atoms with Gasteiger partial charge in [0.25, 0.3) is 5.91 Å². The fraction of sp³-hybridized carbons (Fsp3) is 0.481. The molecule has 2 aromatic rings. The highest BCUT2D eigenvalue weighted by Crippen LogP contribution is 2.41. The van der Waals surface area contributed by atoms with Gasteiger partial charge in [0.15, 0.2) is 0 Å². The number of rotatable bonds is 5. The van der Waals surface area contributed by atoms with Crippen molar-refractivity contribution in [2.75, 3.05) is 32.9 Å². The molecule has 5 rings (SSSR count). The third-order valence-electron chi connectivity index (χ3n) is 6.98. The molecule has 2 atom stereocenters. The molecule has 3 aliphatic heterocycles. The van der Waals surface area contributed by atoms with Gasteiger partial charge in [-0.05, 0) is 66.1 Å². The normalized spacial score (nSPS) is 21.0. The lowest BCUT2D eigenvalue weighted by Gasteiger charge is -2.26. The smallest absolute Gasteiger partial charge is 0.251 e. The molecule has 184 valence electrons. The van der Waals surface area contributed by atoms with Gasteiger partial charge in [-0.15, -0.1) is 0 Å². The Labute approximate surface area is 204 Å². The van der Waals surface area contributed by atoms with E-state index in [0.717, 1.165) is 55.7 Å². The molecule has 0 aromatic heterocycles. The van der Waals surface area contributed by atoms with Crippen LogP contribution in [0.3, 0.4) is 0 Å². The lowest BCUT2D eigenvalue weighted by Crippen LogP contribution is -2.46. The number of ether oxygens (including phenoxy) is 3.